The van der Waals surface area contributed by atoms with Crippen LogP contribution in [0.1, 0.15) is 11.6 Å². The molecule has 0 unspecified atom stereocenters. The van der Waals surface area contributed by atoms with E-state index >= 15 is 0 Å². The Hall–Kier alpha value is -1.33. The first kappa shape index (κ1) is 7.77. The lowest BCUT2D eigenvalue weighted by Crippen LogP contribution is -2.06. The van der Waals surface area contributed by atoms with Gasteiger partial charge in [0.2, 0.25) is 0 Å². The van der Waals surface area contributed by atoms with Gasteiger partial charge in [-0.2, -0.15) is 0 Å². The Labute approximate surface area is 65.0 Å². The second-order valence-electron chi connectivity index (χ2n) is 2.20. The lowest BCUT2D eigenvalue weighted by Gasteiger charge is -2.02. The number of hydrogen-bond acceptors (Lipinski definition) is 1. The Balaban J connectivity index is 2.98. The predicted octanol–water partition coefficient (Wildman–Crippen LogP) is 1.46. The molecular formula is C9H8FN. The topological polar surface area (TPSA) is 26.0 Å². The van der Waals surface area contributed by atoms with Crippen molar-refractivity contribution in [1.29, 1.82) is 0 Å². The van der Waals surface area contributed by atoms with Crippen molar-refractivity contribution in [2.24, 2.45) is 5.73 Å². The monoisotopic (exact) mass is 149 g/mol. The van der Waals surface area contributed by atoms with Crippen LogP contribution in [0.2, 0.25) is 0 Å². The summed E-state index contributed by atoms with van der Waals surface area (Å²) in [6, 6.07) is 5.47. The molecule has 0 bridgehead atoms. The van der Waals surface area contributed by atoms with Gasteiger partial charge in [0.15, 0.2) is 0 Å². The fourth-order valence-electron chi connectivity index (χ4n) is 0.796. The van der Waals surface area contributed by atoms with Gasteiger partial charge in [-0.05, 0) is 17.7 Å². The smallest absolute Gasteiger partial charge is 0.123 e. The third-order valence-corrected chi connectivity index (χ3v) is 1.39. The number of terminal acetylenes is 1. The Kier molecular flexibility index (Phi) is 2.25. The van der Waals surface area contributed by atoms with Crippen LogP contribution < -0.4 is 5.73 Å². The molecule has 0 amide bonds. The molecule has 1 rings (SSSR count). The maximum Gasteiger partial charge on any atom is 0.123 e. The number of benzene rings is 1. The summed E-state index contributed by atoms with van der Waals surface area (Å²) >= 11 is 0. The maximum absolute atomic E-state index is 12.5. The summed E-state index contributed by atoms with van der Waals surface area (Å²) in [6.45, 7) is 0. The van der Waals surface area contributed by atoms with Crippen molar-refractivity contribution < 1.29 is 4.39 Å². The Morgan fingerprint density at radius 3 is 2.82 bits per heavy atom. The van der Waals surface area contributed by atoms with Gasteiger partial charge in [-0.15, -0.1) is 6.42 Å². The zero-order valence-electron chi connectivity index (χ0n) is 5.92. The van der Waals surface area contributed by atoms with Crippen LogP contribution in [0.5, 0.6) is 0 Å². The average Bonchev–Trinajstić information content (AvgIpc) is 2.03. The highest BCUT2D eigenvalue weighted by atomic mass is 19.1. The fourth-order valence-corrected chi connectivity index (χ4v) is 0.796. The first-order valence-corrected chi connectivity index (χ1v) is 3.21. The van der Waals surface area contributed by atoms with Crippen molar-refractivity contribution >= 4 is 0 Å². The molecule has 0 aromatic heterocycles. The Morgan fingerprint density at radius 1 is 1.55 bits per heavy atom. The van der Waals surface area contributed by atoms with Gasteiger partial charge < -0.3 is 5.73 Å². The number of hydrogen-bond donors (Lipinski definition) is 1. The van der Waals surface area contributed by atoms with Crippen LogP contribution in [0.4, 0.5) is 4.39 Å². The van der Waals surface area contributed by atoms with E-state index in [0.717, 1.165) is 0 Å². The molecule has 11 heavy (non-hydrogen) atoms. The molecule has 0 aliphatic heterocycles. The third kappa shape index (κ3) is 1.79. The highest BCUT2D eigenvalue weighted by molar-refractivity contribution is 5.25. The maximum atomic E-state index is 12.5. The van der Waals surface area contributed by atoms with Crippen LogP contribution in [0.3, 0.4) is 0 Å². The molecule has 1 nitrogen and oxygen atoms in total. The van der Waals surface area contributed by atoms with Gasteiger partial charge in [0.05, 0.1) is 6.04 Å². The van der Waals surface area contributed by atoms with Gasteiger partial charge in [-0.3, -0.25) is 0 Å². The van der Waals surface area contributed by atoms with E-state index in [9.17, 15) is 4.39 Å². The van der Waals surface area contributed by atoms with Gasteiger partial charge in [0.1, 0.15) is 5.82 Å². The lowest BCUT2D eigenvalue weighted by molar-refractivity contribution is 0.624. The van der Waals surface area contributed by atoms with Gasteiger partial charge in [-0.25, -0.2) is 4.39 Å². The van der Waals surface area contributed by atoms with Crippen LogP contribution in [-0.2, 0) is 0 Å². The van der Waals surface area contributed by atoms with Crippen molar-refractivity contribution in [3.8, 4) is 12.3 Å². The van der Waals surface area contributed by atoms with Crippen LogP contribution in [0.15, 0.2) is 24.3 Å². The van der Waals surface area contributed by atoms with E-state index in [1.54, 1.807) is 12.1 Å². The third-order valence-electron chi connectivity index (χ3n) is 1.39. The SMILES string of the molecule is C#C[C@@H](N)c1cccc(F)c1. The molecule has 0 saturated heterocycles. The molecule has 0 aliphatic carbocycles. The molecule has 1 atom stereocenters. The second-order valence-corrected chi connectivity index (χ2v) is 2.20. The van der Waals surface area contributed by atoms with E-state index in [1.807, 2.05) is 0 Å². The fraction of sp³-hybridized carbons (Fsp3) is 0.111. The molecular weight excluding hydrogens is 141 g/mol. The Bertz CT molecular complexity index is 288. The molecule has 1 aromatic carbocycles. The van der Waals surface area contributed by atoms with Gasteiger partial charge in [0, 0.05) is 0 Å². The van der Waals surface area contributed by atoms with E-state index in [-0.39, 0.29) is 5.82 Å². The molecule has 56 valence electrons. The summed E-state index contributed by atoms with van der Waals surface area (Å²) in [6.07, 6.45) is 5.06. The minimum absolute atomic E-state index is 0.312. The molecule has 0 heterocycles. The van der Waals surface area contributed by atoms with E-state index in [2.05, 4.69) is 5.92 Å². The van der Waals surface area contributed by atoms with E-state index < -0.39 is 6.04 Å². The molecule has 2 heteroatoms. The highest BCUT2D eigenvalue weighted by Crippen LogP contribution is 2.09. The molecule has 0 fully saturated rings. The zero-order chi connectivity index (χ0) is 8.27. The van der Waals surface area contributed by atoms with E-state index in [1.165, 1.54) is 12.1 Å². The minimum atomic E-state index is -0.509. The first-order valence-electron chi connectivity index (χ1n) is 3.21. The van der Waals surface area contributed by atoms with Crippen molar-refractivity contribution in [3.63, 3.8) is 0 Å². The quantitative estimate of drug-likeness (QED) is 0.601. The van der Waals surface area contributed by atoms with E-state index in [0.29, 0.717) is 5.56 Å². The lowest BCUT2D eigenvalue weighted by atomic mass is 10.1. The zero-order valence-corrected chi connectivity index (χ0v) is 5.92. The number of halogens is 1. The van der Waals surface area contributed by atoms with Crippen molar-refractivity contribution in [2.75, 3.05) is 0 Å². The van der Waals surface area contributed by atoms with Gasteiger partial charge in [0.25, 0.3) is 0 Å². The van der Waals surface area contributed by atoms with E-state index in [4.69, 9.17) is 12.2 Å². The highest BCUT2D eigenvalue weighted by Gasteiger charge is 2.01. The summed E-state index contributed by atoms with van der Waals surface area (Å²) in [5, 5.41) is 0. The normalized spacial score (nSPS) is 12.1. The summed E-state index contributed by atoms with van der Waals surface area (Å²) in [5.74, 6) is 2.01. The standard InChI is InChI=1S/C9H8FN/c1-2-9(11)7-4-3-5-8(10)6-7/h1,3-6,9H,11H2/t9-/m1/s1. The molecule has 0 radical (unpaired) electrons. The summed E-state index contributed by atoms with van der Waals surface area (Å²) in [7, 11) is 0. The van der Waals surface area contributed by atoms with Crippen molar-refractivity contribution in [3.05, 3.63) is 35.6 Å². The predicted molar refractivity (Wildman–Crippen MR) is 42.2 cm³/mol. The minimum Gasteiger partial charge on any atom is -0.314 e. The van der Waals surface area contributed by atoms with Gasteiger partial charge in [-0.1, -0.05) is 18.1 Å². The molecule has 0 aliphatic rings. The summed E-state index contributed by atoms with van der Waals surface area (Å²) in [5.41, 5.74) is 6.09. The van der Waals surface area contributed by atoms with Crippen LogP contribution >= 0.6 is 0 Å². The average molecular weight is 149 g/mol. The number of rotatable bonds is 1. The Morgan fingerprint density at radius 2 is 2.27 bits per heavy atom. The summed E-state index contributed by atoms with van der Waals surface area (Å²) in [4.78, 5) is 0. The molecule has 0 saturated carbocycles. The summed E-state index contributed by atoms with van der Waals surface area (Å²) < 4.78 is 12.5. The molecule has 0 spiro atoms. The van der Waals surface area contributed by atoms with Crippen LogP contribution in [0.25, 0.3) is 0 Å². The largest absolute Gasteiger partial charge is 0.314 e. The van der Waals surface area contributed by atoms with Crippen LogP contribution in [-0.4, -0.2) is 0 Å². The van der Waals surface area contributed by atoms with Gasteiger partial charge >= 0.3 is 0 Å². The van der Waals surface area contributed by atoms with Crippen LogP contribution in [0, 0.1) is 18.2 Å². The molecule has 2 N–H and O–H groups in total. The molecule has 1 aromatic rings. The van der Waals surface area contributed by atoms with Crippen molar-refractivity contribution in [2.45, 2.75) is 6.04 Å². The second kappa shape index (κ2) is 3.18. The number of nitrogens with two attached hydrogens (primary N) is 1. The first-order chi connectivity index (χ1) is 5.24. The van der Waals surface area contributed by atoms with Crippen molar-refractivity contribution in [1.82, 2.24) is 0 Å².